The predicted octanol–water partition coefficient (Wildman–Crippen LogP) is -3.41. The zero-order valence-corrected chi connectivity index (χ0v) is 8.83. The van der Waals surface area contributed by atoms with Crippen LogP contribution >= 0.6 is 0 Å². The molecule has 0 amide bonds. The molecule has 0 heterocycles. The minimum atomic E-state index is 0. The summed E-state index contributed by atoms with van der Waals surface area (Å²) in [6.07, 6.45) is 0. The normalized spacial score (nSPS) is 0. The Morgan fingerprint density at radius 1 is 1.00 bits per heavy atom. The largest absolute Gasteiger partial charge is 2.00 e. The molecule has 0 unspecified atom stereocenters. The summed E-state index contributed by atoms with van der Waals surface area (Å²) in [6.45, 7) is 0. The van der Waals surface area contributed by atoms with Crippen LogP contribution in [0.4, 0.5) is 0 Å². The average Bonchev–Trinajstić information content (AvgIpc) is 0. The summed E-state index contributed by atoms with van der Waals surface area (Å²) in [5.74, 6) is 0. The van der Waals surface area contributed by atoms with Gasteiger partial charge in [-0.3, -0.25) is 0 Å². The first-order chi connectivity index (χ1) is 0. The topological polar surface area (TPSA) is 28.5 Å². The summed E-state index contributed by atoms with van der Waals surface area (Å²) in [4.78, 5) is 0. The van der Waals surface area contributed by atoms with Gasteiger partial charge in [0.25, 0.3) is 0 Å². The van der Waals surface area contributed by atoms with Gasteiger partial charge in [0.1, 0.15) is 0 Å². The maximum Gasteiger partial charge on any atom is 2.00 e. The maximum absolute atomic E-state index is 0. The molecule has 0 bridgehead atoms. The fraction of sp³-hybridized carbons (Fsp3) is 0. The van der Waals surface area contributed by atoms with Crippen LogP contribution in [0.15, 0.2) is 0 Å². The van der Waals surface area contributed by atoms with Crippen LogP contribution in [0.1, 0.15) is 0 Å². The van der Waals surface area contributed by atoms with E-state index in [9.17, 15) is 0 Å². The Kier molecular flexibility index (Phi) is 257. The van der Waals surface area contributed by atoms with Gasteiger partial charge in [-0.2, -0.15) is 0 Å². The van der Waals surface area contributed by atoms with Crippen LogP contribution in [0.25, 0.3) is 0 Å². The van der Waals surface area contributed by atoms with E-state index in [4.69, 9.17) is 0 Å². The maximum atomic E-state index is 0. The Labute approximate surface area is 92.9 Å². The van der Waals surface area contributed by atoms with Crippen LogP contribution in [-0.4, -0.2) is 69.5 Å². The SMILES string of the molecule is [GaH3].[InH3].[O-2].[SnH2].[Zn+2]. The Balaban J connectivity index is 0. The Morgan fingerprint density at radius 3 is 1.00 bits per heavy atom. The summed E-state index contributed by atoms with van der Waals surface area (Å²) in [5, 5.41) is 0. The molecule has 0 aliphatic heterocycles. The van der Waals surface area contributed by atoms with Crippen LogP contribution in [-0.2, 0) is 25.0 Å². The molecule has 0 spiro atoms. The molecule has 5 heteroatoms. The van der Waals surface area contributed by atoms with Crippen LogP contribution in [0.2, 0.25) is 0 Å². The van der Waals surface area contributed by atoms with Crippen molar-refractivity contribution < 1.29 is 25.0 Å². The third-order valence-corrected chi connectivity index (χ3v) is 0. The van der Waals surface area contributed by atoms with Crippen LogP contribution in [0.5, 0.6) is 0 Å². The molecule has 0 rings (SSSR count). The van der Waals surface area contributed by atoms with Gasteiger partial charge in [0.15, 0.2) is 0 Å². The Hall–Kier alpha value is 2.89. The van der Waals surface area contributed by atoms with Crippen molar-refractivity contribution in [1.82, 2.24) is 0 Å². The molecule has 0 aromatic rings. The van der Waals surface area contributed by atoms with E-state index in [1.807, 2.05) is 0 Å². The van der Waals surface area contributed by atoms with Gasteiger partial charge in [-0.25, -0.2) is 0 Å². The van der Waals surface area contributed by atoms with E-state index in [2.05, 4.69) is 0 Å². The van der Waals surface area contributed by atoms with Gasteiger partial charge in [-0.05, 0) is 0 Å². The first kappa shape index (κ1) is 44.9. The molecule has 0 fully saturated rings. The first-order valence-electron chi connectivity index (χ1n) is 0. The van der Waals surface area contributed by atoms with Crippen LogP contribution < -0.4 is 0 Å². The van der Waals surface area contributed by atoms with E-state index in [-0.39, 0.29) is 94.5 Å². The zero-order chi connectivity index (χ0) is 0. The molecule has 0 saturated carbocycles. The van der Waals surface area contributed by atoms with Crippen LogP contribution in [0.3, 0.4) is 0 Å². The first-order valence-corrected chi connectivity index (χ1v) is 0. The van der Waals surface area contributed by atoms with Gasteiger partial charge in [-0.1, -0.05) is 0 Å². The molecule has 0 N–H and O–H groups in total. The summed E-state index contributed by atoms with van der Waals surface area (Å²) < 4.78 is 0. The molecule has 0 aliphatic rings. The molecule has 26 valence electrons. The fourth-order valence-corrected chi connectivity index (χ4v) is 0. The Morgan fingerprint density at radius 2 is 1.00 bits per heavy atom. The second kappa shape index (κ2) is 28.6. The molecule has 0 saturated heterocycles. The monoisotopic (exact) mass is 392 g/mol. The van der Waals surface area contributed by atoms with Crippen molar-refractivity contribution in [3.05, 3.63) is 0 Å². The quantitative estimate of drug-likeness (QED) is 0.385. The van der Waals surface area contributed by atoms with Crippen LogP contribution in [0, 0.1) is 0 Å². The second-order valence-electron chi connectivity index (χ2n) is 0. The average molecular weight is 393 g/mol. The number of hydrogen-bond donors (Lipinski definition) is 0. The minimum Gasteiger partial charge on any atom is 2.00 e. The fourth-order valence-electron chi connectivity index (χ4n) is 0. The zero-order valence-electron chi connectivity index (χ0n) is 1.82. The molecule has 1 nitrogen and oxygen atoms in total. The molecular formula is H8GaInOSnZn. The van der Waals surface area contributed by atoms with E-state index in [0.717, 1.165) is 0 Å². The van der Waals surface area contributed by atoms with Crippen molar-refractivity contribution >= 4 is 69.5 Å². The smallest absolute Gasteiger partial charge is 2.00 e. The van der Waals surface area contributed by atoms with E-state index < -0.39 is 0 Å². The van der Waals surface area contributed by atoms with E-state index >= 15 is 0 Å². The molecule has 2 radical (unpaired) electrons. The summed E-state index contributed by atoms with van der Waals surface area (Å²) >= 11 is 0. The van der Waals surface area contributed by atoms with E-state index in [1.54, 1.807) is 0 Å². The van der Waals surface area contributed by atoms with Gasteiger partial charge >= 0.3 is 89.0 Å². The third-order valence-electron chi connectivity index (χ3n) is 0. The van der Waals surface area contributed by atoms with Crippen molar-refractivity contribution in [3.8, 4) is 0 Å². The summed E-state index contributed by atoms with van der Waals surface area (Å²) in [5.41, 5.74) is 0. The van der Waals surface area contributed by atoms with Gasteiger partial charge in [0.2, 0.25) is 0 Å². The van der Waals surface area contributed by atoms with Crippen molar-refractivity contribution in [3.63, 3.8) is 0 Å². The Bertz CT molecular complexity index is 11.6. The molecule has 0 aliphatic carbocycles. The summed E-state index contributed by atoms with van der Waals surface area (Å²) in [6, 6.07) is 0. The van der Waals surface area contributed by atoms with Crippen molar-refractivity contribution in [2.24, 2.45) is 0 Å². The van der Waals surface area contributed by atoms with Crippen molar-refractivity contribution in [2.45, 2.75) is 0 Å². The molecule has 0 aromatic carbocycles. The molecule has 5 heavy (non-hydrogen) atoms. The van der Waals surface area contributed by atoms with Gasteiger partial charge in [-0.15, -0.1) is 0 Å². The van der Waals surface area contributed by atoms with Crippen molar-refractivity contribution in [2.75, 3.05) is 0 Å². The number of hydrogen-bond acceptors (Lipinski definition) is 0. The van der Waals surface area contributed by atoms with Gasteiger partial charge in [0, 0.05) is 0 Å². The standard InChI is InChI=1S/Ga.In.O.Sn.Zn.8H/q;;-2;;+2;;;;;;;;. The van der Waals surface area contributed by atoms with E-state index in [0.29, 0.717) is 0 Å². The molecule has 0 atom stereocenters. The van der Waals surface area contributed by atoms with Gasteiger partial charge in [0.05, 0.1) is 0 Å². The van der Waals surface area contributed by atoms with Crippen molar-refractivity contribution in [1.29, 1.82) is 0 Å². The van der Waals surface area contributed by atoms with E-state index in [1.165, 1.54) is 0 Å². The predicted molar refractivity (Wildman–Crippen MR) is 29.1 cm³/mol. The second-order valence-corrected chi connectivity index (χ2v) is 0. The molecule has 0 aromatic heterocycles. The minimum absolute atomic E-state index is 0. The van der Waals surface area contributed by atoms with Gasteiger partial charge < -0.3 is 5.48 Å². The summed E-state index contributed by atoms with van der Waals surface area (Å²) in [7, 11) is 0. The third kappa shape index (κ3) is 19.7. The molecular weight excluding hydrogens is 385 g/mol. The number of rotatable bonds is 0.